The molecule has 31 heavy (non-hydrogen) atoms. The summed E-state index contributed by atoms with van der Waals surface area (Å²) in [6.45, 7) is 7.77. The second kappa shape index (κ2) is 9.94. The standard InChI is InChI=1S/C23H32N4O4/c1-23(2,3)31-22(30)27-14-9-16(10-15-27)6-4-5-11-25-18-19(21(29)20(18)28)26-17-7-12-24-13-8-17/h7-8,12-13,16,25H,4-6,9-11,14-15H2,1-3H3,(H,24,26). The third-order valence-electron chi connectivity index (χ3n) is 5.47. The second-order valence-electron chi connectivity index (χ2n) is 9.10. The first-order chi connectivity index (χ1) is 14.7. The Morgan fingerprint density at radius 3 is 2.39 bits per heavy atom. The van der Waals surface area contributed by atoms with Gasteiger partial charge in [0.05, 0.1) is 0 Å². The Labute approximate surface area is 182 Å². The lowest BCUT2D eigenvalue weighted by Gasteiger charge is -2.33. The molecule has 8 nitrogen and oxygen atoms in total. The highest BCUT2D eigenvalue weighted by atomic mass is 16.6. The van der Waals surface area contributed by atoms with Gasteiger partial charge in [0.25, 0.3) is 10.9 Å². The fourth-order valence-electron chi connectivity index (χ4n) is 3.76. The van der Waals surface area contributed by atoms with Crippen molar-refractivity contribution in [3.8, 4) is 0 Å². The number of anilines is 3. The molecule has 8 heteroatoms. The van der Waals surface area contributed by atoms with Crippen molar-refractivity contribution < 1.29 is 9.53 Å². The first-order valence-electron chi connectivity index (χ1n) is 11.0. The predicted molar refractivity (Wildman–Crippen MR) is 122 cm³/mol. The summed E-state index contributed by atoms with van der Waals surface area (Å²) in [6.07, 6.45) is 8.05. The zero-order valence-electron chi connectivity index (χ0n) is 18.6. The summed E-state index contributed by atoms with van der Waals surface area (Å²) in [5.41, 5.74) is -0.000515. The van der Waals surface area contributed by atoms with Gasteiger partial charge in [-0.25, -0.2) is 4.79 Å². The summed E-state index contributed by atoms with van der Waals surface area (Å²) >= 11 is 0. The number of nitrogens with one attached hydrogen (secondary N) is 2. The lowest BCUT2D eigenvalue weighted by atomic mass is 9.92. The Kier molecular flexibility index (Phi) is 7.30. The minimum atomic E-state index is -0.490. The van der Waals surface area contributed by atoms with Crippen LogP contribution in [0, 0.1) is 5.92 Å². The van der Waals surface area contributed by atoms with E-state index in [2.05, 4.69) is 15.6 Å². The van der Waals surface area contributed by atoms with Crippen LogP contribution in [0.2, 0.25) is 0 Å². The molecule has 2 N–H and O–H groups in total. The van der Waals surface area contributed by atoms with E-state index in [9.17, 15) is 14.4 Å². The number of piperidine rings is 1. The molecule has 1 aromatic heterocycles. The van der Waals surface area contributed by atoms with Gasteiger partial charge in [0.1, 0.15) is 17.0 Å². The van der Waals surface area contributed by atoms with Crippen molar-refractivity contribution in [1.82, 2.24) is 9.88 Å². The average Bonchev–Trinajstić information content (AvgIpc) is 2.74. The molecule has 2 aromatic rings. The molecule has 0 saturated carbocycles. The molecule has 0 bridgehead atoms. The number of carbonyl (C=O) groups is 1. The van der Waals surface area contributed by atoms with Gasteiger partial charge in [0.2, 0.25) is 0 Å². The van der Waals surface area contributed by atoms with Crippen molar-refractivity contribution in [2.75, 3.05) is 30.3 Å². The number of pyridine rings is 1. The molecular weight excluding hydrogens is 396 g/mol. The third-order valence-corrected chi connectivity index (χ3v) is 5.47. The Morgan fingerprint density at radius 2 is 1.74 bits per heavy atom. The number of unbranched alkanes of at least 4 members (excludes halogenated alkanes) is 1. The first kappa shape index (κ1) is 22.8. The van der Waals surface area contributed by atoms with Gasteiger partial charge in [-0.2, -0.15) is 0 Å². The molecule has 0 aliphatic carbocycles. The molecule has 0 unspecified atom stereocenters. The van der Waals surface area contributed by atoms with Crippen LogP contribution in [0.1, 0.15) is 52.9 Å². The maximum absolute atomic E-state index is 12.1. The summed E-state index contributed by atoms with van der Waals surface area (Å²) in [5.74, 6) is 0.605. The Hall–Kier alpha value is -2.90. The fraction of sp³-hybridized carbons (Fsp3) is 0.565. The van der Waals surface area contributed by atoms with Crippen LogP contribution >= 0.6 is 0 Å². The van der Waals surface area contributed by atoms with Crippen molar-refractivity contribution >= 4 is 23.2 Å². The first-order valence-corrected chi connectivity index (χ1v) is 11.0. The number of likely N-dealkylation sites (tertiary alicyclic amines) is 1. The van der Waals surface area contributed by atoms with E-state index < -0.39 is 16.5 Å². The van der Waals surface area contributed by atoms with Gasteiger partial charge in [-0.05, 0) is 58.1 Å². The van der Waals surface area contributed by atoms with E-state index in [1.807, 2.05) is 20.8 Å². The molecule has 0 radical (unpaired) electrons. The summed E-state index contributed by atoms with van der Waals surface area (Å²) in [5, 5.41) is 6.11. The minimum Gasteiger partial charge on any atom is -0.444 e. The average molecular weight is 429 g/mol. The van der Waals surface area contributed by atoms with Crippen molar-refractivity contribution in [3.05, 3.63) is 45.0 Å². The van der Waals surface area contributed by atoms with Crippen molar-refractivity contribution in [2.45, 2.75) is 58.5 Å². The Morgan fingerprint density at radius 1 is 1.10 bits per heavy atom. The Bertz CT molecular complexity index is 937. The van der Waals surface area contributed by atoms with Crippen LogP contribution in [-0.4, -0.2) is 41.2 Å². The molecule has 2 heterocycles. The lowest BCUT2D eigenvalue weighted by Crippen LogP contribution is -2.41. The summed E-state index contributed by atoms with van der Waals surface area (Å²) in [6, 6.07) is 3.49. The molecule has 1 amide bonds. The van der Waals surface area contributed by atoms with Gasteiger partial charge in [0.15, 0.2) is 0 Å². The van der Waals surface area contributed by atoms with Gasteiger partial charge in [0, 0.05) is 37.7 Å². The highest BCUT2D eigenvalue weighted by Gasteiger charge is 2.26. The van der Waals surface area contributed by atoms with Crippen LogP contribution in [0.5, 0.6) is 0 Å². The lowest BCUT2D eigenvalue weighted by molar-refractivity contribution is 0.0180. The molecule has 0 spiro atoms. The topological polar surface area (TPSA) is 101 Å². The van der Waals surface area contributed by atoms with Crippen LogP contribution in [0.25, 0.3) is 0 Å². The van der Waals surface area contributed by atoms with Crippen LogP contribution in [0.3, 0.4) is 0 Å². The maximum Gasteiger partial charge on any atom is 0.410 e. The van der Waals surface area contributed by atoms with E-state index in [-0.39, 0.29) is 6.09 Å². The van der Waals surface area contributed by atoms with Crippen molar-refractivity contribution in [1.29, 1.82) is 0 Å². The highest BCUT2D eigenvalue weighted by Crippen LogP contribution is 2.24. The molecule has 1 fully saturated rings. The predicted octanol–water partition coefficient (Wildman–Crippen LogP) is 3.65. The summed E-state index contributed by atoms with van der Waals surface area (Å²) < 4.78 is 5.44. The number of amides is 1. The van der Waals surface area contributed by atoms with Crippen molar-refractivity contribution in [2.24, 2.45) is 5.92 Å². The summed E-state index contributed by atoms with van der Waals surface area (Å²) in [4.78, 5) is 41.6. The zero-order chi connectivity index (χ0) is 22.4. The van der Waals surface area contributed by atoms with Gasteiger partial charge in [-0.1, -0.05) is 12.8 Å². The van der Waals surface area contributed by atoms with Crippen LogP contribution in [0.15, 0.2) is 34.1 Å². The molecule has 1 saturated heterocycles. The molecule has 1 aromatic carbocycles. The monoisotopic (exact) mass is 428 g/mol. The zero-order valence-corrected chi connectivity index (χ0v) is 18.6. The minimum absolute atomic E-state index is 0.223. The Balaban J connectivity index is 1.35. The smallest absolute Gasteiger partial charge is 0.410 e. The molecule has 0 atom stereocenters. The highest BCUT2D eigenvalue weighted by molar-refractivity contribution is 5.78. The number of ether oxygens (including phenoxy) is 1. The van der Waals surface area contributed by atoms with E-state index >= 15 is 0 Å². The maximum atomic E-state index is 12.1. The number of aromatic nitrogens is 1. The van der Waals surface area contributed by atoms with E-state index in [1.54, 1.807) is 29.4 Å². The van der Waals surface area contributed by atoms with E-state index in [0.29, 0.717) is 23.8 Å². The van der Waals surface area contributed by atoms with Crippen LogP contribution in [-0.2, 0) is 4.74 Å². The fourth-order valence-corrected chi connectivity index (χ4v) is 3.76. The van der Waals surface area contributed by atoms with Gasteiger partial charge >= 0.3 is 6.09 Å². The van der Waals surface area contributed by atoms with Crippen LogP contribution < -0.4 is 21.5 Å². The van der Waals surface area contributed by atoms with Crippen molar-refractivity contribution in [3.63, 3.8) is 0 Å². The SMILES string of the molecule is CC(C)(C)OC(=O)N1CCC(CCCCNc2c(Nc3ccncc3)c(=O)c2=O)CC1. The molecule has 168 valence electrons. The number of carbonyl (C=O) groups excluding carboxylic acids is 1. The quantitative estimate of drug-likeness (QED) is 0.489. The largest absolute Gasteiger partial charge is 0.444 e. The number of rotatable bonds is 8. The van der Waals surface area contributed by atoms with Gasteiger partial charge in [-0.15, -0.1) is 0 Å². The number of hydrogen-bond acceptors (Lipinski definition) is 7. The van der Waals surface area contributed by atoms with E-state index in [4.69, 9.17) is 4.74 Å². The van der Waals surface area contributed by atoms with Gasteiger partial charge < -0.3 is 20.3 Å². The van der Waals surface area contributed by atoms with E-state index in [1.165, 1.54) is 0 Å². The molecule has 3 rings (SSSR count). The van der Waals surface area contributed by atoms with E-state index in [0.717, 1.165) is 50.9 Å². The number of nitrogens with zero attached hydrogens (tertiary/aromatic N) is 2. The van der Waals surface area contributed by atoms with Gasteiger partial charge in [-0.3, -0.25) is 14.6 Å². The third kappa shape index (κ3) is 6.29. The molecule has 1 aliphatic heterocycles. The molecule has 1 aliphatic rings. The van der Waals surface area contributed by atoms with Crippen LogP contribution in [0.4, 0.5) is 21.9 Å². The summed E-state index contributed by atoms with van der Waals surface area (Å²) in [7, 11) is 0. The second-order valence-corrected chi connectivity index (χ2v) is 9.10. The molecular formula is C23H32N4O4. The normalized spacial score (nSPS) is 15.1. The number of hydrogen-bond donors (Lipinski definition) is 2.